The van der Waals surface area contributed by atoms with Gasteiger partial charge in [-0.15, -0.1) is 0 Å². The highest BCUT2D eigenvalue weighted by atomic mass is 32.3. The topological polar surface area (TPSA) is 0 Å². The van der Waals surface area contributed by atoms with E-state index in [9.17, 15) is 0 Å². The molecule has 0 aliphatic carbocycles. The van der Waals surface area contributed by atoms with Crippen molar-refractivity contribution in [2.24, 2.45) is 0 Å². The van der Waals surface area contributed by atoms with Crippen LogP contribution in [0.1, 0.15) is 47.0 Å². The van der Waals surface area contributed by atoms with E-state index >= 15 is 0 Å². The van der Waals surface area contributed by atoms with Crippen molar-refractivity contribution in [3.8, 4) is 0 Å². The highest BCUT2D eigenvalue weighted by Crippen LogP contribution is 2.65. The van der Waals surface area contributed by atoms with Crippen molar-refractivity contribution in [3.63, 3.8) is 0 Å². The Hall–Kier alpha value is 0.350. The van der Waals surface area contributed by atoms with Crippen molar-refractivity contribution in [2.75, 3.05) is 29.3 Å². The summed E-state index contributed by atoms with van der Waals surface area (Å²) < 4.78 is 0. The van der Waals surface area contributed by atoms with Crippen LogP contribution < -0.4 is 0 Å². The van der Waals surface area contributed by atoms with Gasteiger partial charge in [0.05, 0.1) is 0 Å². The van der Waals surface area contributed by atoms with Gasteiger partial charge in [0.15, 0.2) is 0 Å². The van der Waals surface area contributed by atoms with Crippen molar-refractivity contribution in [1.82, 2.24) is 0 Å². The van der Waals surface area contributed by atoms with E-state index in [4.69, 9.17) is 0 Å². The zero-order chi connectivity index (χ0) is 10.4. The first-order chi connectivity index (χ1) is 6.04. The maximum atomic E-state index is 2.63. The molecule has 0 aromatic carbocycles. The first kappa shape index (κ1) is 13.4. The van der Waals surface area contributed by atoms with Gasteiger partial charge in [0.1, 0.15) is 0 Å². The Morgan fingerprint density at radius 1 is 0.769 bits per heavy atom. The maximum Gasteiger partial charge on any atom is -0.0359 e. The molecule has 0 spiro atoms. The minimum Gasteiger partial charge on any atom is -0.286 e. The van der Waals surface area contributed by atoms with Gasteiger partial charge in [0, 0.05) is 0 Å². The van der Waals surface area contributed by atoms with Gasteiger partial charge >= 0.3 is 0 Å². The third-order valence-electron chi connectivity index (χ3n) is 4.42. The molecular weight excluding hydrogens is 176 g/mol. The average Bonchev–Trinajstić information content (AvgIpc) is 2.19. The van der Waals surface area contributed by atoms with Gasteiger partial charge in [-0.05, 0) is 35.7 Å². The fourth-order valence-electron chi connectivity index (χ4n) is 2.00. The minimum absolute atomic E-state index is 1.22. The van der Waals surface area contributed by atoms with Crippen LogP contribution in [0.4, 0.5) is 0 Å². The molecule has 0 unspecified atom stereocenters. The summed E-state index contributed by atoms with van der Waals surface area (Å²) in [5.41, 5.74) is 0. The lowest BCUT2D eigenvalue weighted by atomic mass is 10.3. The van der Waals surface area contributed by atoms with Crippen molar-refractivity contribution in [2.45, 2.75) is 47.0 Å². The molecule has 0 rings (SSSR count). The van der Waals surface area contributed by atoms with E-state index in [0.717, 1.165) is 0 Å². The molecule has 0 amide bonds. The van der Waals surface area contributed by atoms with Gasteiger partial charge in [-0.1, -0.05) is 40.5 Å². The van der Waals surface area contributed by atoms with Crippen LogP contribution in [0, 0.1) is 0 Å². The third-order valence-corrected chi connectivity index (χ3v) is 12.1. The molecular formula is C12H30S. The summed E-state index contributed by atoms with van der Waals surface area (Å²) in [6.45, 7) is 9.54. The Labute approximate surface area is 85.8 Å². The monoisotopic (exact) mass is 206 g/mol. The lowest BCUT2D eigenvalue weighted by Crippen LogP contribution is -2.28. The molecule has 0 radical (unpaired) electrons. The fourth-order valence-corrected chi connectivity index (χ4v) is 5.50. The first-order valence-corrected chi connectivity index (χ1v) is 9.46. The summed E-state index contributed by atoms with van der Waals surface area (Å²) in [5, 5.41) is 0. The van der Waals surface area contributed by atoms with E-state index in [0.29, 0.717) is 0 Å². The molecule has 0 aliphatic heterocycles. The van der Waals surface area contributed by atoms with Crippen LogP contribution in [0.15, 0.2) is 0 Å². The quantitative estimate of drug-likeness (QED) is 0.473. The largest absolute Gasteiger partial charge is 0.286 e. The first-order valence-electron chi connectivity index (χ1n) is 6.04. The average molecular weight is 206 g/mol. The van der Waals surface area contributed by atoms with Crippen LogP contribution >= 0.6 is 9.16 Å². The normalized spacial score (nSPS) is 15.3. The fraction of sp³-hybridized carbons (Fsp3) is 1.00. The second-order valence-electron chi connectivity index (χ2n) is 4.99. The summed E-state index contributed by atoms with van der Waals surface area (Å²) in [5.74, 6) is 5.93. The summed E-state index contributed by atoms with van der Waals surface area (Å²) in [7, 11) is -1.22. The van der Waals surface area contributed by atoms with Crippen LogP contribution in [0.5, 0.6) is 0 Å². The predicted molar refractivity (Wildman–Crippen MR) is 70.9 cm³/mol. The second kappa shape index (κ2) is 5.29. The lowest BCUT2D eigenvalue weighted by Gasteiger charge is -2.57. The van der Waals surface area contributed by atoms with Crippen LogP contribution in [-0.2, 0) is 0 Å². The molecule has 0 fully saturated rings. The van der Waals surface area contributed by atoms with Crippen molar-refractivity contribution < 1.29 is 0 Å². The molecule has 0 aromatic heterocycles. The summed E-state index contributed by atoms with van der Waals surface area (Å²) in [6.07, 6.45) is 6.90. The van der Waals surface area contributed by atoms with Gasteiger partial charge in [-0.2, -0.15) is 0 Å². The number of hydrogen-bond acceptors (Lipinski definition) is 0. The molecule has 0 saturated heterocycles. The SMILES string of the molecule is CCCCC[SH](C)(CC)(CC)CC. The molecule has 0 atom stereocenters. The Kier molecular flexibility index (Phi) is 5.43. The maximum absolute atomic E-state index is 2.63. The van der Waals surface area contributed by atoms with Gasteiger partial charge in [0.25, 0.3) is 0 Å². The molecule has 1 heteroatoms. The van der Waals surface area contributed by atoms with E-state index < -0.39 is 9.16 Å². The van der Waals surface area contributed by atoms with E-state index in [1.54, 1.807) is 5.75 Å². The molecule has 84 valence electrons. The molecule has 0 aliphatic rings. The van der Waals surface area contributed by atoms with E-state index in [-0.39, 0.29) is 0 Å². The van der Waals surface area contributed by atoms with Crippen LogP contribution in [0.25, 0.3) is 0 Å². The summed E-state index contributed by atoms with van der Waals surface area (Å²) in [6, 6.07) is 0. The molecule has 0 nitrogen and oxygen atoms in total. The van der Waals surface area contributed by atoms with Crippen LogP contribution in [-0.4, -0.2) is 29.3 Å². The third kappa shape index (κ3) is 3.53. The van der Waals surface area contributed by atoms with Gasteiger partial charge < -0.3 is 0 Å². The smallest absolute Gasteiger partial charge is 0.0359 e. The summed E-state index contributed by atoms with van der Waals surface area (Å²) >= 11 is 0. The zero-order valence-electron chi connectivity index (χ0n) is 10.4. The van der Waals surface area contributed by atoms with Crippen molar-refractivity contribution in [1.29, 1.82) is 0 Å². The number of unbranched alkanes of at least 4 members (excludes halogenated alkanes) is 2. The van der Waals surface area contributed by atoms with E-state index in [1.807, 2.05) is 0 Å². The molecule has 0 saturated carbocycles. The van der Waals surface area contributed by atoms with Gasteiger partial charge in [-0.3, -0.25) is 9.16 Å². The molecule has 0 aromatic rings. The van der Waals surface area contributed by atoms with E-state index in [2.05, 4.69) is 34.0 Å². The van der Waals surface area contributed by atoms with Crippen molar-refractivity contribution >= 4 is 9.16 Å². The van der Waals surface area contributed by atoms with E-state index in [1.165, 1.54) is 36.5 Å². The molecule has 0 bridgehead atoms. The predicted octanol–water partition coefficient (Wildman–Crippen LogP) is 3.94. The van der Waals surface area contributed by atoms with Crippen molar-refractivity contribution in [3.05, 3.63) is 0 Å². The Balaban J connectivity index is 4.23. The number of hydrogen-bond donors (Lipinski definition) is 1. The van der Waals surface area contributed by atoms with Gasteiger partial charge in [0.2, 0.25) is 0 Å². The highest BCUT2D eigenvalue weighted by Gasteiger charge is 2.29. The van der Waals surface area contributed by atoms with Gasteiger partial charge in [-0.25, -0.2) is 0 Å². The molecule has 0 heterocycles. The Morgan fingerprint density at radius 2 is 1.23 bits per heavy atom. The number of thiol groups is 1. The Bertz CT molecular complexity index is 125. The lowest BCUT2D eigenvalue weighted by molar-refractivity contribution is 0.773. The highest BCUT2D eigenvalue weighted by molar-refractivity contribution is 8.49. The minimum atomic E-state index is -1.22. The summed E-state index contributed by atoms with van der Waals surface area (Å²) in [4.78, 5) is 0. The van der Waals surface area contributed by atoms with Crippen LogP contribution in [0.2, 0.25) is 0 Å². The standard InChI is InChI=1S/C12H30S/c1-6-10-11-12-13(5,7-2,8-3)9-4/h13H,6-12H2,1-5H3. The molecule has 13 heavy (non-hydrogen) atoms. The Morgan fingerprint density at radius 3 is 1.54 bits per heavy atom. The van der Waals surface area contributed by atoms with Crippen LogP contribution in [0.3, 0.4) is 0 Å². The zero-order valence-corrected chi connectivity index (χ0v) is 11.3. The number of rotatable bonds is 7. The second-order valence-corrected chi connectivity index (χ2v) is 12.5. The molecule has 0 N–H and O–H groups in total.